The van der Waals surface area contributed by atoms with Crippen molar-refractivity contribution in [1.29, 1.82) is 0 Å². The minimum Gasteiger partial charge on any atom is -0.497 e. The minimum absolute atomic E-state index is 0.00590. The van der Waals surface area contributed by atoms with Crippen LogP contribution < -0.4 is 24.8 Å². The summed E-state index contributed by atoms with van der Waals surface area (Å²) in [6, 6.07) is 12.1. The van der Waals surface area contributed by atoms with E-state index >= 15 is 0 Å². The lowest BCUT2D eigenvalue weighted by Crippen LogP contribution is -2.49. The number of benzene rings is 2. The second kappa shape index (κ2) is 10.1. The first-order valence-corrected chi connectivity index (χ1v) is 10.9. The molecule has 0 saturated heterocycles. The van der Waals surface area contributed by atoms with Crippen molar-refractivity contribution >= 4 is 6.03 Å². The normalized spacial score (nSPS) is 16.1. The Morgan fingerprint density at radius 2 is 1.69 bits per heavy atom. The molecule has 2 N–H and O–H groups in total. The summed E-state index contributed by atoms with van der Waals surface area (Å²) in [7, 11) is 4.97. The average Bonchev–Trinajstić information content (AvgIpc) is 2.76. The number of carbonyl (C=O) groups excluding carboxylic acids is 1. The summed E-state index contributed by atoms with van der Waals surface area (Å²) in [4.78, 5) is 14.9. The van der Waals surface area contributed by atoms with E-state index < -0.39 is 0 Å². The lowest BCUT2D eigenvalue weighted by Gasteiger charge is -2.38. The molecule has 0 bridgehead atoms. The van der Waals surface area contributed by atoms with Crippen LogP contribution >= 0.6 is 0 Å². The highest BCUT2D eigenvalue weighted by Gasteiger charge is 2.30. The zero-order chi connectivity index (χ0) is 23.3. The van der Waals surface area contributed by atoms with Crippen molar-refractivity contribution in [2.45, 2.75) is 45.3 Å². The lowest BCUT2D eigenvalue weighted by atomic mass is 9.91. The maximum absolute atomic E-state index is 12.5. The largest absolute Gasteiger partial charge is 0.497 e. The predicted molar refractivity (Wildman–Crippen MR) is 126 cm³/mol. The Labute approximate surface area is 191 Å². The topological polar surface area (TPSA) is 72.1 Å². The van der Waals surface area contributed by atoms with Gasteiger partial charge in [-0.1, -0.05) is 12.1 Å². The molecule has 174 valence electrons. The third-order valence-electron chi connectivity index (χ3n) is 5.60. The van der Waals surface area contributed by atoms with Gasteiger partial charge in [0.1, 0.15) is 5.75 Å². The van der Waals surface area contributed by atoms with Crippen LogP contribution in [0.2, 0.25) is 0 Å². The summed E-state index contributed by atoms with van der Waals surface area (Å²) in [5.74, 6) is 2.26. The SMILES string of the molecule is COc1ccc(CN2CCc3cc(OC)c(OC)cc3[C@@H]2CNC(=O)NC(C)(C)C)cc1. The Hall–Kier alpha value is -2.93. The Morgan fingerprint density at radius 1 is 1.03 bits per heavy atom. The van der Waals surface area contributed by atoms with Crippen LogP contribution in [0.25, 0.3) is 0 Å². The van der Waals surface area contributed by atoms with Crippen LogP contribution in [-0.4, -0.2) is 50.9 Å². The van der Waals surface area contributed by atoms with E-state index in [4.69, 9.17) is 14.2 Å². The zero-order valence-corrected chi connectivity index (χ0v) is 20.0. The number of nitrogens with zero attached hydrogens (tertiary/aromatic N) is 1. The molecule has 1 atom stereocenters. The van der Waals surface area contributed by atoms with Crippen molar-refractivity contribution in [1.82, 2.24) is 15.5 Å². The van der Waals surface area contributed by atoms with Crippen LogP contribution in [0.15, 0.2) is 36.4 Å². The van der Waals surface area contributed by atoms with Crippen molar-refractivity contribution in [3.8, 4) is 17.2 Å². The molecule has 0 aliphatic carbocycles. The van der Waals surface area contributed by atoms with Crippen LogP contribution in [0.1, 0.15) is 43.5 Å². The van der Waals surface area contributed by atoms with E-state index in [-0.39, 0.29) is 17.6 Å². The van der Waals surface area contributed by atoms with E-state index in [0.29, 0.717) is 12.3 Å². The first-order valence-electron chi connectivity index (χ1n) is 10.9. The van der Waals surface area contributed by atoms with Gasteiger partial charge >= 0.3 is 6.03 Å². The van der Waals surface area contributed by atoms with Crippen LogP contribution in [-0.2, 0) is 13.0 Å². The molecule has 2 aromatic rings. The van der Waals surface area contributed by atoms with Gasteiger partial charge in [-0.15, -0.1) is 0 Å². The predicted octanol–water partition coefficient (Wildman–Crippen LogP) is 3.91. The van der Waals surface area contributed by atoms with Gasteiger partial charge in [-0.3, -0.25) is 4.90 Å². The number of urea groups is 1. The number of amides is 2. The summed E-state index contributed by atoms with van der Waals surface area (Å²) in [5, 5.41) is 6.04. The van der Waals surface area contributed by atoms with Crippen LogP contribution in [0.3, 0.4) is 0 Å². The number of hydrogen-bond donors (Lipinski definition) is 2. The van der Waals surface area contributed by atoms with E-state index in [1.165, 1.54) is 11.1 Å². The van der Waals surface area contributed by atoms with E-state index in [0.717, 1.165) is 36.6 Å². The lowest BCUT2D eigenvalue weighted by molar-refractivity contribution is 0.169. The van der Waals surface area contributed by atoms with E-state index in [9.17, 15) is 4.79 Å². The van der Waals surface area contributed by atoms with Gasteiger partial charge in [0.05, 0.1) is 27.4 Å². The molecule has 2 aromatic carbocycles. The van der Waals surface area contributed by atoms with Gasteiger partial charge in [0.15, 0.2) is 11.5 Å². The first kappa shape index (κ1) is 23.7. The van der Waals surface area contributed by atoms with Crippen molar-refractivity contribution < 1.29 is 19.0 Å². The highest BCUT2D eigenvalue weighted by atomic mass is 16.5. The van der Waals surface area contributed by atoms with Gasteiger partial charge in [0.2, 0.25) is 0 Å². The molecule has 7 heteroatoms. The number of methoxy groups -OCH3 is 3. The zero-order valence-electron chi connectivity index (χ0n) is 20.0. The molecule has 3 rings (SSSR count). The Kier molecular flexibility index (Phi) is 7.51. The van der Waals surface area contributed by atoms with E-state index in [1.807, 2.05) is 39.0 Å². The molecule has 7 nitrogen and oxygen atoms in total. The average molecular weight is 442 g/mol. The smallest absolute Gasteiger partial charge is 0.315 e. The van der Waals surface area contributed by atoms with Gasteiger partial charge in [-0.05, 0) is 68.1 Å². The molecule has 2 amide bonds. The molecule has 0 fully saturated rings. The fourth-order valence-electron chi connectivity index (χ4n) is 4.05. The summed E-state index contributed by atoms with van der Waals surface area (Å²) >= 11 is 0. The highest BCUT2D eigenvalue weighted by molar-refractivity contribution is 5.74. The van der Waals surface area contributed by atoms with Crippen molar-refractivity contribution in [3.05, 3.63) is 53.1 Å². The van der Waals surface area contributed by atoms with E-state index in [1.54, 1.807) is 21.3 Å². The maximum Gasteiger partial charge on any atom is 0.315 e. The standard InChI is InChI=1S/C25H35N3O4/c1-25(2,3)27-24(29)26-15-21-20-14-23(32-6)22(31-5)13-18(20)11-12-28(21)16-17-7-9-19(30-4)10-8-17/h7-10,13-14,21H,11-12,15-16H2,1-6H3,(H2,26,27,29)/t21-/m0/s1. The number of rotatable bonds is 7. The van der Waals surface area contributed by atoms with Crippen LogP contribution in [0.5, 0.6) is 17.2 Å². The molecule has 1 heterocycles. The summed E-state index contributed by atoms with van der Waals surface area (Å²) < 4.78 is 16.4. The fourth-order valence-corrected chi connectivity index (χ4v) is 4.05. The molecule has 32 heavy (non-hydrogen) atoms. The molecule has 0 aromatic heterocycles. The molecular formula is C25H35N3O4. The van der Waals surface area contributed by atoms with Gasteiger partial charge in [0.25, 0.3) is 0 Å². The molecular weight excluding hydrogens is 406 g/mol. The van der Waals surface area contributed by atoms with Crippen molar-refractivity contribution in [3.63, 3.8) is 0 Å². The number of carbonyl (C=O) groups is 1. The number of hydrogen-bond acceptors (Lipinski definition) is 5. The molecule has 0 spiro atoms. The van der Waals surface area contributed by atoms with Crippen molar-refractivity contribution in [2.75, 3.05) is 34.4 Å². The Bertz CT molecular complexity index is 922. The van der Waals surface area contributed by atoms with E-state index in [2.05, 4.69) is 33.7 Å². The van der Waals surface area contributed by atoms with Gasteiger partial charge in [-0.25, -0.2) is 4.79 Å². The minimum atomic E-state index is -0.298. The maximum atomic E-state index is 12.5. The monoisotopic (exact) mass is 441 g/mol. The molecule has 0 unspecified atom stereocenters. The summed E-state index contributed by atoms with van der Waals surface area (Å²) in [6.45, 7) is 8.04. The molecule has 0 saturated carbocycles. The number of fused-ring (bicyclic) bond motifs is 1. The Morgan fingerprint density at radius 3 is 2.28 bits per heavy atom. The number of ether oxygens (including phenoxy) is 3. The highest BCUT2D eigenvalue weighted by Crippen LogP contribution is 2.38. The quantitative estimate of drug-likeness (QED) is 0.682. The Balaban J connectivity index is 1.87. The second-order valence-electron chi connectivity index (χ2n) is 9.08. The molecule has 0 radical (unpaired) electrons. The van der Waals surface area contributed by atoms with Gasteiger partial charge < -0.3 is 24.8 Å². The van der Waals surface area contributed by atoms with Gasteiger partial charge in [0, 0.05) is 25.2 Å². The molecule has 1 aliphatic heterocycles. The fraction of sp³-hybridized carbons (Fsp3) is 0.480. The van der Waals surface area contributed by atoms with Crippen LogP contribution in [0, 0.1) is 0 Å². The molecule has 1 aliphatic rings. The summed E-state index contributed by atoms with van der Waals surface area (Å²) in [5.41, 5.74) is 3.27. The van der Waals surface area contributed by atoms with Gasteiger partial charge in [-0.2, -0.15) is 0 Å². The first-order chi connectivity index (χ1) is 15.2. The van der Waals surface area contributed by atoms with Crippen molar-refractivity contribution in [2.24, 2.45) is 0 Å². The van der Waals surface area contributed by atoms with Crippen LogP contribution in [0.4, 0.5) is 4.79 Å². The third kappa shape index (κ3) is 5.85. The number of nitrogens with one attached hydrogen (secondary N) is 2. The second-order valence-corrected chi connectivity index (χ2v) is 9.08. The summed E-state index contributed by atoms with van der Waals surface area (Å²) in [6.07, 6.45) is 0.899. The third-order valence-corrected chi connectivity index (χ3v) is 5.60.